The number of aromatic nitrogens is 2. The molecule has 3 rings (SSSR count). The van der Waals surface area contributed by atoms with Gasteiger partial charge in [0.15, 0.2) is 0 Å². The van der Waals surface area contributed by atoms with Gasteiger partial charge in [-0.3, -0.25) is 4.40 Å². The van der Waals surface area contributed by atoms with E-state index < -0.39 is 0 Å². The monoisotopic (exact) mass is 307 g/mol. The number of pyridine rings is 1. The van der Waals surface area contributed by atoms with Crippen molar-refractivity contribution in [3.8, 4) is 11.3 Å². The Balaban J connectivity index is 2.35. The fourth-order valence-corrected chi connectivity index (χ4v) is 3.03. The predicted octanol–water partition coefficient (Wildman–Crippen LogP) is 5.14. The second-order valence-corrected chi connectivity index (χ2v) is 7.37. The molecule has 3 heteroatoms. The lowest BCUT2D eigenvalue weighted by molar-refractivity contribution is 0.629. The van der Waals surface area contributed by atoms with Gasteiger partial charge in [0, 0.05) is 16.8 Å². The van der Waals surface area contributed by atoms with Gasteiger partial charge < -0.3 is 5.32 Å². The molecule has 3 aromatic rings. The van der Waals surface area contributed by atoms with Crippen molar-refractivity contribution in [2.24, 2.45) is 0 Å². The SMILES string of the molecule is Cc1cc(C)n2c(NC(C)(C)C)c(-c3ccccc3C)nc2c1. The molecule has 1 N–H and O–H groups in total. The summed E-state index contributed by atoms with van der Waals surface area (Å²) in [5.74, 6) is 1.07. The fraction of sp³-hybridized carbons (Fsp3) is 0.350. The average molecular weight is 307 g/mol. The van der Waals surface area contributed by atoms with Crippen LogP contribution in [0.3, 0.4) is 0 Å². The van der Waals surface area contributed by atoms with Crippen LogP contribution in [0.1, 0.15) is 37.6 Å². The van der Waals surface area contributed by atoms with Crippen molar-refractivity contribution < 1.29 is 0 Å². The first-order valence-electron chi connectivity index (χ1n) is 8.10. The number of hydrogen-bond donors (Lipinski definition) is 1. The predicted molar refractivity (Wildman–Crippen MR) is 98.2 cm³/mol. The van der Waals surface area contributed by atoms with E-state index in [9.17, 15) is 0 Å². The second kappa shape index (κ2) is 5.41. The van der Waals surface area contributed by atoms with Crippen LogP contribution in [0.25, 0.3) is 16.9 Å². The summed E-state index contributed by atoms with van der Waals surface area (Å²) in [4.78, 5) is 4.95. The van der Waals surface area contributed by atoms with Crippen molar-refractivity contribution in [1.82, 2.24) is 9.38 Å². The van der Waals surface area contributed by atoms with Gasteiger partial charge in [-0.2, -0.15) is 0 Å². The summed E-state index contributed by atoms with van der Waals surface area (Å²) < 4.78 is 2.22. The molecular weight excluding hydrogens is 282 g/mol. The Bertz CT molecular complexity index is 866. The summed E-state index contributed by atoms with van der Waals surface area (Å²) in [6.45, 7) is 12.9. The van der Waals surface area contributed by atoms with Gasteiger partial charge >= 0.3 is 0 Å². The van der Waals surface area contributed by atoms with Gasteiger partial charge in [0.25, 0.3) is 0 Å². The molecule has 1 aromatic carbocycles. The van der Waals surface area contributed by atoms with Crippen LogP contribution in [0, 0.1) is 20.8 Å². The number of fused-ring (bicyclic) bond motifs is 1. The van der Waals surface area contributed by atoms with Crippen LogP contribution in [0.4, 0.5) is 5.82 Å². The minimum atomic E-state index is -0.0370. The number of nitrogens with one attached hydrogen (secondary N) is 1. The van der Waals surface area contributed by atoms with E-state index in [0.29, 0.717) is 0 Å². The van der Waals surface area contributed by atoms with E-state index >= 15 is 0 Å². The molecule has 2 heterocycles. The lowest BCUT2D eigenvalue weighted by Gasteiger charge is -2.23. The van der Waals surface area contributed by atoms with E-state index in [2.05, 4.69) is 87.7 Å². The minimum absolute atomic E-state index is 0.0370. The minimum Gasteiger partial charge on any atom is -0.365 e. The molecule has 120 valence electrons. The summed E-state index contributed by atoms with van der Waals surface area (Å²) in [5.41, 5.74) is 6.82. The first kappa shape index (κ1) is 15.6. The molecule has 0 saturated carbocycles. The van der Waals surface area contributed by atoms with Gasteiger partial charge in [0.1, 0.15) is 17.2 Å². The molecule has 3 nitrogen and oxygen atoms in total. The quantitative estimate of drug-likeness (QED) is 0.710. The summed E-state index contributed by atoms with van der Waals surface area (Å²) in [7, 11) is 0. The summed E-state index contributed by atoms with van der Waals surface area (Å²) in [6, 6.07) is 12.8. The Morgan fingerprint density at radius 1 is 1.00 bits per heavy atom. The molecule has 0 unspecified atom stereocenters. The number of rotatable bonds is 2. The number of nitrogens with zero attached hydrogens (tertiary/aromatic N) is 2. The third-order valence-electron chi connectivity index (χ3n) is 3.94. The van der Waals surface area contributed by atoms with Crippen LogP contribution in [0.15, 0.2) is 36.4 Å². The molecule has 0 amide bonds. The Hall–Kier alpha value is -2.29. The first-order valence-corrected chi connectivity index (χ1v) is 8.10. The third kappa shape index (κ3) is 2.96. The van der Waals surface area contributed by atoms with Crippen LogP contribution < -0.4 is 5.32 Å². The molecule has 2 aromatic heterocycles. The lowest BCUT2D eigenvalue weighted by atomic mass is 10.0. The number of hydrogen-bond acceptors (Lipinski definition) is 2. The molecule has 0 saturated heterocycles. The maximum Gasteiger partial charge on any atom is 0.139 e. The van der Waals surface area contributed by atoms with Gasteiger partial charge in [-0.05, 0) is 64.8 Å². The van der Waals surface area contributed by atoms with Crippen LogP contribution in [0.5, 0.6) is 0 Å². The average Bonchev–Trinajstić information content (AvgIpc) is 2.75. The second-order valence-electron chi connectivity index (χ2n) is 7.37. The van der Waals surface area contributed by atoms with Crippen LogP contribution in [-0.2, 0) is 0 Å². The zero-order valence-corrected chi connectivity index (χ0v) is 14.9. The Morgan fingerprint density at radius 2 is 1.70 bits per heavy atom. The van der Waals surface area contributed by atoms with Gasteiger partial charge in [-0.25, -0.2) is 4.98 Å². The van der Waals surface area contributed by atoms with E-state index in [0.717, 1.165) is 17.2 Å². The van der Waals surface area contributed by atoms with Gasteiger partial charge in [0.2, 0.25) is 0 Å². The standard InChI is InChI=1S/C20H25N3/c1-13-11-15(3)23-17(12-13)21-18(19(23)22-20(4,5)6)16-10-8-7-9-14(16)2/h7-12,22H,1-6H3. The van der Waals surface area contributed by atoms with E-state index in [1.54, 1.807) is 0 Å². The van der Waals surface area contributed by atoms with Crippen molar-refractivity contribution in [1.29, 1.82) is 0 Å². The number of imidazole rings is 1. The molecular formula is C20H25N3. The first-order chi connectivity index (χ1) is 10.8. The molecule has 23 heavy (non-hydrogen) atoms. The molecule has 0 atom stereocenters. The molecule has 0 aliphatic heterocycles. The maximum atomic E-state index is 4.95. The molecule has 0 bridgehead atoms. The number of aryl methyl sites for hydroxylation is 3. The molecule has 0 spiro atoms. The van der Waals surface area contributed by atoms with E-state index in [1.807, 2.05) is 0 Å². The van der Waals surface area contributed by atoms with Gasteiger partial charge in [-0.1, -0.05) is 24.3 Å². The van der Waals surface area contributed by atoms with Crippen molar-refractivity contribution in [3.63, 3.8) is 0 Å². The lowest BCUT2D eigenvalue weighted by Crippen LogP contribution is -2.27. The Morgan fingerprint density at radius 3 is 2.35 bits per heavy atom. The molecule has 0 aliphatic carbocycles. The number of anilines is 1. The molecule has 0 radical (unpaired) electrons. The summed E-state index contributed by atoms with van der Waals surface area (Å²) >= 11 is 0. The van der Waals surface area contributed by atoms with Gasteiger partial charge in [-0.15, -0.1) is 0 Å². The molecule has 0 aliphatic rings. The summed E-state index contributed by atoms with van der Waals surface area (Å²) in [5, 5.41) is 3.66. The Kier molecular flexibility index (Phi) is 3.67. The maximum absolute atomic E-state index is 4.95. The summed E-state index contributed by atoms with van der Waals surface area (Å²) in [6.07, 6.45) is 0. The zero-order valence-electron chi connectivity index (χ0n) is 14.9. The normalized spacial score (nSPS) is 11.9. The third-order valence-corrected chi connectivity index (χ3v) is 3.94. The van der Waals surface area contributed by atoms with E-state index in [1.165, 1.54) is 22.4 Å². The van der Waals surface area contributed by atoms with Crippen molar-refractivity contribution in [2.75, 3.05) is 5.32 Å². The fourth-order valence-electron chi connectivity index (χ4n) is 3.03. The van der Waals surface area contributed by atoms with Crippen LogP contribution in [0.2, 0.25) is 0 Å². The highest BCUT2D eigenvalue weighted by Gasteiger charge is 2.21. The smallest absolute Gasteiger partial charge is 0.139 e. The topological polar surface area (TPSA) is 29.3 Å². The highest BCUT2D eigenvalue weighted by Crippen LogP contribution is 2.33. The van der Waals surface area contributed by atoms with Crippen molar-refractivity contribution >= 4 is 11.5 Å². The highest BCUT2D eigenvalue weighted by atomic mass is 15.2. The van der Waals surface area contributed by atoms with Crippen molar-refractivity contribution in [3.05, 3.63) is 53.2 Å². The van der Waals surface area contributed by atoms with Crippen LogP contribution in [-0.4, -0.2) is 14.9 Å². The number of benzene rings is 1. The highest BCUT2D eigenvalue weighted by molar-refractivity contribution is 5.79. The van der Waals surface area contributed by atoms with Crippen LogP contribution >= 0.6 is 0 Å². The van der Waals surface area contributed by atoms with Gasteiger partial charge in [0.05, 0.1) is 0 Å². The zero-order chi connectivity index (χ0) is 16.8. The largest absolute Gasteiger partial charge is 0.365 e. The Labute approximate surface area is 138 Å². The van der Waals surface area contributed by atoms with Crippen molar-refractivity contribution in [2.45, 2.75) is 47.1 Å². The van der Waals surface area contributed by atoms with E-state index in [-0.39, 0.29) is 5.54 Å². The van der Waals surface area contributed by atoms with E-state index in [4.69, 9.17) is 4.98 Å². The molecule has 0 fully saturated rings.